The van der Waals surface area contributed by atoms with Gasteiger partial charge in [-0.05, 0) is 42.2 Å². The number of nitrogens with zero attached hydrogens (tertiary/aromatic N) is 1. The molecular weight excluding hydrogens is 316 g/mol. The lowest BCUT2D eigenvalue weighted by molar-refractivity contribution is -0.125. The van der Waals surface area contributed by atoms with Crippen molar-refractivity contribution in [3.8, 4) is 5.75 Å². The highest BCUT2D eigenvalue weighted by Gasteiger charge is 2.33. The van der Waals surface area contributed by atoms with E-state index in [1.807, 2.05) is 30.3 Å². The fourth-order valence-electron chi connectivity index (χ4n) is 3.73. The molecule has 130 valence electrons. The normalized spacial score (nSPS) is 24.2. The van der Waals surface area contributed by atoms with Crippen molar-refractivity contribution in [1.29, 1.82) is 0 Å². The van der Waals surface area contributed by atoms with Gasteiger partial charge in [-0.25, -0.2) is 0 Å². The zero-order chi connectivity index (χ0) is 17.2. The van der Waals surface area contributed by atoms with Crippen molar-refractivity contribution in [3.05, 3.63) is 59.7 Å². The number of phenols is 1. The summed E-state index contributed by atoms with van der Waals surface area (Å²) in [7, 11) is 0. The monoisotopic (exact) mass is 338 g/mol. The molecule has 2 heterocycles. The van der Waals surface area contributed by atoms with Gasteiger partial charge >= 0.3 is 0 Å². The number of amides is 1. The van der Waals surface area contributed by atoms with Gasteiger partial charge in [0.2, 0.25) is 5.91 Å². The molecule has 0 spiro atoms. The molecule has 2 aromatic carbocycles. The largest absolute Gasteiger partial charge is 0.508 e. The fraction of sp³-hybridized carbons (Fsp3) is 0.350. The number of carbonyl (C=O) groups excluding carboxylic acids is 1. The lowest BCUT2D eigenvalue weighted by Gasteiger charge is -2.37. The van der Waals surface area contributed by atoms with Crippen LogP contribution in [0.2, 0.25) is 0 Å². The molecule has 0 saturated carbocycles. The Morgan fingerprint density at radius 1 is 1.16 bits per heavy atom. The molecule has 2 aliphatic rings. The maximum atomic E-state index is 12.7. The number of aryl methyl sites for hydroxylation is 1. The van der Waals surface area contributed by atoms with Gasteiger partial charge in [-0.1, -0.05) is 30.3 Å². The summed E-state index contributed by atoms with van der Waals surface area (Å²) in [5, 5.41) is 12.8. The smallest absolute Gasteiger partial charge is 0.241 e. The first kappa shape index (κ1) is 16.1. The first-order valence-electron chi connectivity index (χ1n) is 8.74. The van der Waals surface area contributed by atoms with Crippen LogP contribution in [0.1, 0.15) is 23.7 Å². The molecule has 5 nitrogen and oxygen atoms in total. The van der Waals surface area contributed by atoms with Crippen LogP contribution >= 0.6 is 0 Å². The van der Waals surface area contributed by atoms with Crippen molar-refractivity contribution in [2.45, 2.75) is 25.0 Å². The molecule has 2 aromatic rings. The van der Waals surface area contributed by atoms with Gasteiger partial charge in [-0.2, -0.15) is 0 Å². The zero-order valence-electron chi connectivity index (χ0n) is 14.0. The average Bonchev–Trinajstić information content (AvgIpc) is 2.80. The molecule has 5 heteroatoms. The van der Waals surface area contributed by atoms with Crippen LogP contribution in [0.25, 0.3) is 0 Å². The highest BCUT2D eigenvalue weighted by atomic mass is 16.5. The predicted molar refractivity (Wildman–Crippen MR) is 95.6 cm³/mol. The summed E-state index contributed by atoms with van der Waals surface area (Å²) in [6.45, 7) is 1.97. The number of hydrogen-bond acceptors (Lipinski definition) is 4. The number of hydrogen-bond donors (Lipinski definition) is 2. The number of fused-ring (bicyclic) bond motifs is 1. The average molecular weight is 338 g/mol. The van der Waals surface area contributed by atoms with Crippen molar-refractivity contribution in [1.82, 2.24) is 4.90 Å². The van der Waals surface area contributed by atoms with Crippen molar-refractivity contribution in [2.75, 3.05) is 25.0 Å². The number of ether oxygens (including phenoxy) is 1. The Morgan fingerprint density at radius 3 is 2.92 bits per heavy atom. The maximum absolute atomic E-state index is 12.7. The number of rotatable bonds is 2. The molecular formula is C20H22N2O3. The number of carbonyl (C=O) groups is 1. The summed E-state index contributed by atoms with van der Waals surface area (Å²) >= 11 is 0. The molecule has 2 atom stereocenters. The summed E-state index contributed by atoms with van der Waals surface area (Å²) in [6.07, 6.45) is 1.56. The van der Waals surface area contributed by atoms with E-state index in [4.69, 9.17) is 4.74 Å². The van der Waals surface area contributed by atoms with E-state index >= 15 is 0 Å². The van der Waals surface area contributed by atoms with Crippen LogP contribution in [0.3, 0.4) is 0 Å². The third kappa shape index (κ3) is 3.38. The van der Waals surface area contributed by atoms with Gasteiger partial charge in [0.1, 0.15) is 5.75 Å². The number of nitrogens with one attached hydrogen (secondary N) is 1. The molecule has 4 rings (SSSR count). The van der Waals surface area contributed by atoms with Crippen molar-refractivity contribution in [3.63, 3.8) is 0 Å². The standard InChI is InChI=1S/C20H22N2O3/c23-16-6-3-5-15(12-16)19-13-22(10-11-25-19)18-9-8-14-4-1-2-7-17(14)21-20(18)24/h1-7,12,18-19,23H,8-11,13H2,(H,21,24). The van der Waals surface area contributed by atoms with Crippen LogP contribution in [-0.2, 0) is 16.0 Å². The van der Waals surface area contributed by atoms with Gasteiger partial charge in [0.25, 0.3) is 0 Å². The summed E-state index contributed by atoms with van der Waals surface area (Å²) in [6, 6.07) is 15.0. The first-order valence-corrected chi connectivity index (χ1v) is 8.74. The Balaban J connectivity index is 1.51. The second-order valence-corrected chi connectivity index (χ2v) is 6.65. The van der Waals surface area contributed by atoms with Crippen LogP contribution in [0, 0.1) is 0 Å². The molecule has 0 radical (unpaired) electrons. The molecule has 0 bridgehead atoms. The van der Waals surface area contributed by atoms with Gasteiger partial charge in [-0.15, -0.1) is 0 Å². The summed E-state index contributed by atoms with van der Waals surface area (Å²) < 4.78 is 5.88. The topological polar surface area (TPSA) is 61.8 Å². The molecule has 0 aromatic heterocycles. The molecule has 1 saturated heterocycles. The number of anilines is 1. The van der Waals surface area contributed by atoms with Crippen molar-refractivity contribution < 1.29 is 14.6 Å². The Bertz CT molecular complexity index is 777. The highest BCUT2D eigenvalue weighted by Crippen LogP contribution is 2.29. The summed E-state index contributed by atoms with van der Waals surface area (Å²) in [4.78, 5) is 14.9. The number of aromatic hydroxyl groups is 1. The van der Waals surface area contributed by atoms with Gasteiger partial charge in [0.15, 0.2) is 0 Å². The predicted octanol–water partition coefficient (Wildman–Crippen LogP) is 2.72. The second kappa shape index (κ2) is 6.86. The van der Waals surface area contributed by atoms with E-state index in [9.17, 15) is 9.90 Å². The minimum Gasteiger partial charge on any atom is -0.508 e. The fourth-order valence-corrected chi connectivity index (χ4v) is 3.73. The van der Waals surface area contributed by atoms with Crippen LogP contribution in [0.4, 0.5) is 5.69 Å². The van der Waals surface area contributed by atoms with Crippen LogP contribution in [0.15, 0.2) is 48.5 Å². The van der Waals surface area contributed by atoms with E-state index in [1.165, 1.54) is 5.56 Å². The molecule has 25 heavy (non-hydrogen) atoms. The maximum Gasteiger partial charge on any atom is 0.241 e. The zero-order valence-corrected chi connectivity index (χ0v) is 14.0. The number of para-hydroxylation sites is 1. The third-order valence-electron chi connectivity index (χ3n) is 5.05. The van der Waals surface area contributed by atoms with Crippen LogP contribution < -0.4 is 5.32 Å². The SMILES string of the molecule is O=C1Nc2ccccc2CCC1N1CCOC(c2cccc(O)c2)C1. The first-order chi connectivity index (χ1) is 12.2. The van der Waals surface area contributed by atoms with Crippen molar-refractivity contribution >= 4 is 11.6 Å². The minimum absolute atomic E-state index is 0.0570. The number of phenolic OH excluding ortho intramolecular Hbond substituents is 1. The van der Waals surface area contributed by atoms with Gasteiger partial charge in [0.05, 0.1) is 18.8 Å². The summed E-state index contributed by atoms with van der Waals surface area (Å²) in [5.74, 6) is 0.294. The lowest BCUT2D eigenvalue weighted by atomic mass is 10.0. The number of morpholine rings is 1. The Morgan fingerprint density at radius 2 is 2.04 bits per heavy atom. The highest BCUT2D eigenvalue weighted by molar-refractivity contribution is 5.96. The van der Waals surface area contributed by atoms with Gasteiger partial charge in [0, 0.05) is 18.8 Å². The third-order valence-corrected chi connectivity index (χ3v) is 5.05. The molecule has 2 N–H and O–H groups in total. The molecule has 0 aliphatic carbocycles. The van der Waals surface area contributed by atoms with E-state index in [0.29, 0.717) is 13.2 Å². The molecule has 2 unspecified atom stereocenters. The van der Waals surface area contributed by atoms with E-state index in [2.05, 4.69) is 16.3 Å². The van der Waals surface area contributed by atoms with E-state index in [1.54, 1.807) is 12.1 Å². The van der Waals surface area contributed by atoms with Crippen molar-refractivity contribution in [2.24, 2.45) is 0 Å². The van der Waals surface area contributed by atoms with E-state index in [-0.39, 0.29) is 23.8 Å². The lowest BCUT2D eigenvalue weighted by Crippen LogP contribution is -2.49. The second-order valence-electron chi connectivity index (χ2n) is 6.65. The number of benzene rings is 2. The van der Waals surface area contributed by atoms with E-state index in [0.717, 1.165) is 30.6 Å². The van der Waals surface area contributed by atoms with Crippen LogP contribution in [-0.4, -0.2) is 41.7 Å². The molecule has 1 fully saturated rings. The molecule has 1 amide bonds. The Hall–Kier alpha value is -2.37. The summed E-state index contributed by atoms with van der Waals surface area (Å²) in [5.41, 5.74) is 3.06. The Labute approximate surface area is 147 Å². The van der Waals surface area contributed by atoms with Gasteiger partial charge < -0.3 is 15.2 Å². The quantitative estimate of drug-likeness (QED) is 0.884. The minimum atomic E-state index is -0.156. The van der Waals surface area contributed by atoms with E-state index < -0.39 is 0 Å². The van der Waals surface area contributed by atoms with Gasteiger partial charge in [-0.3, -0.25) is 9.69 Å². The van der Waals surface area contributed by atoms with Crippen LogP contribution in [0.5, 0.6) is 5.75 Å². The Kier molecular flexibility index (Phi) is 4.42. The molecule has 2 aliphatic heterocycles.